The molecule has 1 aliphatic rings. The summed E-state index contributed by atoms with van der Waals surface area (Å²) in [4.78, 5) is 12.8. The van der Waals surface area contributed by atoms with Gasteiger partial charge in [0.05, 0.1) is 18.1 Å². The first-order chi connectivity index (χ1) is 19.4. The maximum Gasteiger partial charge on any atom is 0.343 e. The number of nitrogens with two attached hydrogens (primary N) is 1. The minimum atomic E-state index is -0.541. The predicted molar refractivity (Wildman–Crippen MR) is 151 cm³/mol. The van der Waals surface area contributed by atoms with Crippen molar-refractivity contribution < 1.29 is 23.7 Å². The number of carbonyl (C=O) groups excluding carboxylic acids is 1. The highest BCUT2D eigenvalue weighted by molar-refractivity contribution is 6.30. The third kappa shape index (κ3) is 5.88. The van der Waals surface area contributed by atoms with Crippen molar-refractivity contribution in [3.8, 4) is 29.1 Å². The first-order valence-corrected chi connectivity index (χ1v) is 13.0. The molecule has 7 nitrogen and oxygen atoms in total. The van der Waals surface area contributed by atoms with Crippen LogP contribution in [0.4, 0.5) is 0 Å². The lowest BCUT2D eigenvalue weighted by molar-refractivity contribution is 0.0734. The molecule has 4 aromatic rings. The lowest BCUT2D eigenvalue weighted by Crippen LogP contribution is -2.21. The molecule has 0 aliphatic carbocycles. The molecule has 200 valence electrons. The second-order valence-corrected chi connectivity index (χ2v) is 9.40. The quantitative estimate of drug-likeness (QED) is 0.190. The molecule has 4 aromatic carbocycles. The molecule has 0 bridgehead atoms. The van der Waals surface area contributed by atoms with Crippen LogP contribution < -0.4 is 24.7 Å². The lowest BCUT2D eigenvalue weighted by Gasteiger charge is -2.27. The van der Waals surface area contributed by atoms with Gasteiger partial charge in [-0.1, -0.05) is 48.0 Å². The van der Waals surface area contributed by atoms with E-state index in [4.69, 9.17) is 36.3 Å². The second-order valence-electron chi connectivity index (χ2n) is 8.96. The molecule has 1 atom stereocenters. The molecule has 0 amide bonds. The van der Waals surface area contributed by atoms with Crippen LogP contribution in [0, 0.1) is 11.3 Å². The molecule has 0 radical (unpaired) electrons. The van der Waals surface area contributed by atoms with E-state index in [2.05, 4.69) is 6.07 Å². The summed E-state index contributed by atoms with van der Waals surface area (Å²) in [6, 6.07) is 28.9. The van der Waals surface area contributed by atoms with Crippen LogP contribution in [-0.4, -0.2) is 12.6 Å². The standard InChI is InChI=1S/C32H25ClN2O5/c1-2-37-24-7-4-6-22(16-24)32(36)39-26-13-14-27-29(17-26)40-31(35)28(18-34)30(27)21-5-3-8-25(15-21)38-19-20-9-11-23(33)12-10-20/h3-17,30H,2,19,35H2,1H3. The van der Waals surface area contributed by atoms with Crippen molar-refractivity contribution in [2.24, 2.45) is 5.73 Å². The third-order valence-corrected chi connectivity index (χ3v) is 6.54. The summed E-state index contributed by atoms with van der Waals surface area (Å²) < 4.78 is 22.9. The van der Waals surface area contributed by atoms with Crippen LogP contribution in [0.25, 0.3) is 0 Å². The SMILES string of the molecule is CCOc1cccc(C(=O)Oc2ccc3c(c2)OC(N)=C(C#N)C3c2cccc(OCc3ccc(Cl)cc3)c2)c1. The summed E-state index contributed by atoms with van der Waals surface area (Å²) in [6.07, 6.45) is 0. The summed E-state index contributed by atoms with van der Waals surface area (Å²) in [5.74, 6) is 0.826. The number of fused-ring (bicyclic) bond motifs is 1. The van der Waals surface area contributed by atoms with Gasteiger partial charge in [0.15, 0.2) is 0 Å². The Balaban J connectivity index is 1.40. The third-order valence-electron chi connectivity index (χ3n) is 6.29. The van der Waals surface area contributed by atoms with Gasteiger partial charge in [-0.05, 0) is 66.6 Å². The van der Waals surface area contributed by atoms with Gasteiger partial charge in [-0.2, -0.15) is 5.26 Å². The molecule has 0 saturated heterocycles. The van der Waals surface area contributed by atoms with Gasteiger partial charge in [0.1, 0.15) is 41.2 Å². The Morgan fingerprint density at radius 1 is 0.950 bits per heavy atom. The van der Waals surface area contributed by atoms with Crippen molar-refractivity contribution in [1.82, 2.24) is 0 Å². The number of ether oxygens (including phenoxy) is 4. The molecule has 8 heteroatoms. The van der Waals surface area contributed by atoms with Gasteiger partial charge in [0.25, 0.3) is 0 Å². The van der Waals surface area contributed by atoms with Crippen LogP contribution in [-0.2, 0) is 6.61 Å². The number of rotatable bonds is 8. The normalized spacial score (nSPS) is 14.0. The van der Waals surface area contributed by atoms with Crippen molar-refractivity contribution in [1.29, 1.82) is 5.26 Å². The van der Waals surface area contributed by atoms with Crippen LogP contribution >= 0.6 is 11.6 Å². The Hall–Kier alpha value is -4.93. The highest BCUT2D eigenvalue weighted by Crippen LogP contribution is 2.44. The van der Waals surface area contributed by atoms with E-state index in [0.29, 0.717) is 46.6 Å². The molecule has 0 spiro atoms. The van der Waals surface area contributed by atoms with Gasteiger partial charge in [-0.15, -0.1) is 0 Å². The Morgan fingerprint density at radius 2 is 1.70 bits per heavy atom. The predicted octanol–water partition coefficient (Wildman–Crippen LogP) is 6.76. The van der Waals surface area contributed by atoms with Gasteiger partial charge < -0.3 is 24.7 Å². The fraction of sp³-hybridized carbons (Fsp3) is 0.125. The number of nitrogens with zero attached hydrogens (tertiary/aromatic N) is 1. The average Bonchev–Trinajstić information content (AvgIpc) is 2.96. The van der Waals surface area contributed by atoms with Crippen molar-refractivity contribution in [3.05, 3.63) is 130 Å². The molecule has 0 saturated carbocycles. The summed E-state index contributed by atoms with van der Waals surface area (Å²) in [5.41, 5.74) is 9.28. The Labute approximate surface area is 236 Å². The molecule has 2 N–H and O–H groups in total. The van der Waals surface area contributed by atoms with Crippen molar-refractivity contribution in [3.63, 3.8) is 0 Å². The number of carbonyl (C=O) groups is 1. The monoisotopic (exact) mass is 552 g/mol. The van der Waals surface area contributed by atoms with Crippen LogP contribution in [0.15, 0.2) is 102 Å². The van der Waals surface area contributed by atoms with Crippen molar-refractivity contribution in [2.75, 3.05) is 6.61 Å². The molecule has 5 rings (SSSR count). The summed E-state index contributed by atoms with van der Waals surface area (Å²) in [5, 5.41) is 10.6. The van der Waals surface area contributed by atoms with E-state index in [9.17, 15) is 10.1 Å². The highest BCUT2D eigenvalue weighted by atomic mass is 35.5. The van der Waals surface area contributed by atoms with E-state index in [1.807, 2.05) is 55.5 Å². The van der Waals surface area contributed by atoms with Gasteiger partial charge >= 0.3 is 5.97 Å². The fourth-order valence-corrected chi connectivity index (χ4v) is 4.54. The number of halogens is 1. The molecule has 1 unspecified atom stereocenters. The number of nitriles is 1. The maximum atomic E-state index is 12.8. The van der Waals surface area contributed by atoms with Gasteiger partial charge in [-0.3, -0.25) is 0 Å². The zero-order valence-corrected chi connectivity index (χ0v) is 22.4. The summed E-state index contributed by atoms with van der Waals surface area (Å²) >= 11 is 5.97. The van der Waals surface area contributed by atoms with Gasteiger partial charge in [0.2, 0.25) is 5.88 Å². The fourth-order valence-electron chi connectivity index (χ4n) is 4.42. The number of hydrogen-bond acceptors (Lipinski definition) is 7. The maximum absolute atomic E-state index is 12.8. The van der Waals surface area contributed by atoms with E-state index in [0.717, 1.165) is 11.1 Å². The van der Waals surface area contributed by atoms with E-state index >= 15 is 0 Å². The summed E-state index contributed by atoms with van der Waals surface area (Å²) in [6.45, 7) is 2.71. The van der Waals surface area contributed by atoms with Crippen LogP contribution in [0.5, 0.6) is 23.0 Å². The van der Waals surface area contributed by atoms with Crippen LogP contribution in [0.2, 0.25) is 5.02 Å². The van der Waals surface area contributed by atoms with Gasteiger partial charge in [0, 0.05) is 16.7 Å². The Morgan fingerprint density at radius 3 is 2.45 bits per heavy atom. The molecule has 1 heterocycles. The Kier molecular flexibility index (Phi) is 7.90. The first-order valence-electron chi connectivity index (χ1n) is 12.6. The zero-order valence-electron chi connectivity index (χ0n) is 21.6. The number of allylic oxidation sites excluding steroid dienone is 1. The van der Waals surface area contributed by atoms with E-state index in [1.54, 1.807) is 42.5 Å². The molecule has 0 fully saturated rings. The first kappa shape index (κ1) is 26.7. The minimum Gasteiger partial charge on any atom is -0.494 e. The molecule has 40 heavy (non-hydrogen) atoms. The zero-order chi connectivity index (χ0) is 28.1. The minimum absolute atomic E-state index is 0.0135. The largest absolute Gasteiger partial charge is 0.494 e. The molecule has 1 aliphatic heterocycles. The average molecular weight is 553 g/mol. The molecular formula is C32H25ClN2O5. The number of benzene rings is 4. The van der Waals surface area contributed by atoms with Gasteiger partial charge in [-0.25, -0.2) is 4.79 Å². The number of hydrogen-bond donors (Lipinski definition) is 1. The van der Waals surface area contributed by atoms with Crippen molar-refractivity contribution in [2.45, 2.75) is 19.4 Å². The Bertz CT molecular complexity index is 1630. The smallest absolute Gasteiger partial charge is 0.343 e. The molecular weight excluding hydrogens is 528 g/mol. The van der Waals surface area contributed by atoms with Crippen LogP contribution in [0.1, 0.15) is 39.9 Å². The summed E-state index contributed by atoms with van der Waals surface area (Å²) in [7, 11) is 0. The topological polar surface area (TPSA) is 104 Å². The van der Waals surface area contributed by atoms with E-state index < -0.39 is 11.9 Å². The second kappa shape index (κ2) is 11.9. The molecule has 0 aromatic heterocycles. The van der Waals surface area contributed by atoms with E-state index in [1.165, 1.54) is 0 Å². The lowest BCUT2D eigenvalue weighted by atomic mass is 9.83. The highest BCUT2D eigenvalue weighted by Gasteiger charge is 2.31. The van der Waals surface area contributed by atoms with E-state index in [-0.39, 0.29) is 17.2 Å². The van der Waals surface area contributed by atoms with Crippen LogP contribution in [0.3, 0.4) is 0 Å². The van der Waals surface area contributed by atoms with Crippen molar-refractivity contribution >= 4 is 17.6 Å². The number of esters is 1.